The van der Waals surface area contributed by atoms with Crippen LogP contribution >= 0.6 is 34.8 Å². The van der Waals surface area contributed by atoms with Gasteiger partial charge in [-0.1, -0.05) is 34.8 Å². The first-order valence-corrected chi connectivity index (χ1v) is 6.70. The van der Waals surface area contributed by atoms with E-state index < -0.39 is 0 Å². The van der Waals surface area contributed by atoms with Gasteiger partial charge < -0.3 is 10.5 Å². The zero-order chi connectivity index (χ0) is 14.9. The monoisotopic (exact) mass is 329 g/mol. The van der Waals surface area contributed by atoms with E-state index in [1.54, 1.807) is 12.1 Å². The van der Waals surface area contributed by atoms with Crippen molar-refractivity contribution in [3.63, 3.8) is 0 Å². The molecule has 2 aromatic carbocycles. The minimum absolute atomic E-state index is 0.231. The van der Waals surface area contributed by atoms with Crippen LogP contribution in [0.3, 0.4) is 0 Å². The van der Waals surface area contributed by atoms with E-state index in [4.69, 9.17) is 45.3 Å². The van der Waals surface area contributed by atoms with Crippen LogP contribution in [0.5, 0.6) is 5.75 Å². The summed E-state index contributed by atoms with van der Waals surface area (Å²) in [6, 6.07) is 7.60. The van der Waals surface area contributed by atoms with E-state index in [9.17, 15) is 4.79 Å². The van der Waals surface area contributed by atoms with Crippen molar-refractivity contribution < 1.29 is 9.53 Å². The molecular formula is C14H10Cl3NO2. The van der Waals surface area contributed by atoms with Gasteiger partial charge in [-0.3, -0.25) is 4.79 Å². The number of anilines is 1. The van der Waals surface area contributed by atoms with E-state index in [1.165, 1.54) is 25.3 Å². The molecule has 0 saturated carbocycles. The number of rotatable bonds is 3. The number of halogens is 3. The first-order chi connectivity index (χ1) is 9.43. The molecular weight excluding hydrogens is 321 g/mol. The van der Waals surface area contributed by atoms with Gasteiger partial charge in [0, 0.05) is 22.9 Å². The fourth-order valence-corrected chi connectivity index (χ4v) is 2.40. The second-order valence-corrected chi connectivity index (χ2v) is 5.26. The highest BCUT2D eigenvalue weighted by Crippen LogP contribution is 2.33. The van der Waals surface area contributed by atoms with Crippen LogP contribution < -0.4 is 10.5 Å². The van der Waals surface area contributed by atoms with E-state index in [0.29, 0.717) is 21.5 Å². The number of methoxy groups -OCH3 is 1. The Morgan fingerprint density at radius 2 is 1.65 bits per heavy atom. The summed E-state index contributed by atoms with van der Waals surface area (Å²) in [5.41, 5.74) is 6.62. The summed E-state index contributed by atoms with van der Waals surface area (Å²) in [6.45, 7) is 0. The van der Waals surface area contributed by atoms with Gasteiger partial charge in [0.15, 0.2) is 5.78 Å². The van der Waals surface area contributed by atoms with Gasteiger partial charge in [0.1, 0.15) is 5.75 Å². The summed E-state index contributed by atoms with van der Waals surface area (Å²) in [4.78, 5) is 12.5. The van der Waals surface area contributed by atoms with Crippen molar-refractivity contribution >= 4 is 46.3 Å². The van der Waals surface area contributed by atoms with Crippen LogP contribution in [0.2, 0.25) is 15.1 Å². The Balaban J connectivity index is 2.54. The average molecular weight is 331 g/mol. The number of ketones is 1. The van der Waals surface area contributed by atoms with Crippen molar-refractivity contribution in [3.8, 4) is 5.75 Å². The Labute approximate surface area is 131 Å². The smallest absolute Gasteiger partial charge is 0.196 e. The SMILES string of the molecule is COc1cc(Cl)c(C(=O)c2cc(N)ccc2Cl)cc1Cl. The maximum absolute atomic E-state index is 12.5. The highest BCUT2D eigenvalue weighted by molar-refractivity contribution is 6.39. The van der Waals surface area contributed by atoms with Gasteiger partial charge in [0.05, 0.1) is 22.2 Å². The van der Waals surface area contributed by atoms with E-state index >= 15 is 0 Å². The highest BCUT2D eigenvalue weighted by atomic mass is 35.5. The number of hydrogen-bond donors (Lipinski definition) is 1. The molecule has 0 spiro atoms. The third-order valence-corrected chi connectivity index (χ3v) is 3.66. The fourth-order valence-electron chi connectivity index (χ4n) is 1.72. The molecule has 0 atom stereocenters. The molecule has 2 rings (SSSR count). The molecule has 0 unspecified atom stereocenters. The van der Waals surface area contributed by atoms with Gasteiger partial charge in [-0.15, -0.1) is 0 Å². The molecule has 0 aliphatic carbocycles. The van der Waals surface area contributed by atoms with Crippen molar-refractivity contribution in [2.45, 2.75) is 0 Å². The minimum atomic E-state index is -0.350. The summed E-state index contributed by atoms with van der Waals surface area (Å²) in [5, 5.41) is 0.822. The molecule has 2 aromatic rings. The molecule has 0 heterocycles. The zero-order valence-corrected chi connectivity index (χ0v) is 12.7. The van der Waals surface area contributed by atoms with Crippen molar-refractivity contribution in [1.82, 2.24) is 0 Å². The molecule has 0 aliphatic rings. The molecule has 6 heteroatoms. The van der Waals surface area contributed by atoms with Crippen molar-refractivity contribution in [2.24, 2.45) is 0 Å². The van der Waals surface area contributed by atoms with Crippen LogP contribution in [0.25, 0.3) is 0 Å². The summed E-state index contributed by atoms with van der Waals surface area (Å²) in [5.74, 6) is 0.0451. The molecule has 104 valence electrons. The van der Waals surface area contributed by atoms with Gasteiger partial charge in [-0.05, 0) is 24.3 Å². The predicted octanol–water partition coefficient (Wildman–Crippen LogP) is 4.47. The van der Waals surface area contributed by atoms with Crippen molar-refractivity contribution in [3.05, 3.63) is 56.5 Å². The van der Waals surface area contributed by atoms with E-state index in [0.717, 1.165) is 0 Å². The third kappa shape index (κ3) is 2.85. The van der Waals surface area contributed by atoms with Gasteiger partial charge >= 0.3 is 0 Å². The number of carbonyl (C=O) groups is 1. The van der Waals surface area contributed by atoms with Crippen LogP contribution in [0.15, 0.2) is 30.3 Å². The van der Waals surface area contributed by atoms with Gasteiger partial charge in [-0.2, -0.15) is 0 Å². The molecule has 0 saturated heterocycles. The van der Waals surface area contributed by atoms with Gasteiger partial charge in [-0.25, -0.2) is 0 Å². The maximum Gasteiger partial charge on any atom is 0.196 e. The molecule has 0 radical (unpaired) electrons. The summed E-state index contributed by atoms with van der Waals surface area (Å²) in [7, 11) is 1.47. The van der Waals surface area contributed by atoms with Crippen molar-refractivity contribution in [1.29, 1.82) is 0 Å². The standard InChI is InChI=1S/C14H10Cl3NO2/c1-20-13-6-11(16)9(5-12(13)17)14(19)8-4-7(18)2-3-10(8)15/h2-6H,18H2,1H3. The summed E-state index contributed by atoms with van der Waals surface area (Å²) < 4.78 is 5.04. The van der Waals surface area contributed by atoms with Crippen LogP contribution in [0, 0.1) is 0 Å². The number of nitrogen functional groups attached to an aromatic ring is 1. The first-order valence-electron chi connectivity index (χ1n) is 5.56. The predicted molar refractivity (Wildman–Crippen MR) is 82.3 cm³/mol. The summed E-state index contributed by atoms with van der Waals surface area (Å²) in [6.07, 6.45) is 0. The molecule has 3 nitrogen and oxygen atoms in total. The zero-order valence-electron chi connectivity index (χ0n) is 10.4. The summed E-state index contributed by atoms with van der Waals surface area (Å²) >= 11 is 18.1. The number of benzene rings is 2. The first kappa shape index (κ1) is 15.0. The van der Waals surface area contributed by atoms with Crippen LogP contribution in [0.1, 0.15) is 15.9 Å². The lowest BCUT2D eigenvalue weighted by atomic mass is 10.0. The van der Waals surface area contributed by atoms with Gasteiger partial charge in [0.25, 0.3) is 0 Å². The molecule has 20 heavy (non-hydrogen) atoms. The molecule has 0 fully saturated rings. The molecule has 0 amide bonds. The maximum atomic E-state index is 12.5. The Kier molecular flexibility index (Phi) is 4.43. The Morgan fingerprint density at radius 3 is 2.30 bits per heavy atom. The third-order valence-electron chi connectivity index (χ3n) is 2.72. The van der Waals surface area contributed by atoms with E-state index in [1.807, 2.05) is 0 Å². The molecule has 0 bridgehead atoms. The second-order valence-electron chi connectivity index (χ2n) is 4.04. The quantitative estimate of drug-likeness (QED) is 0.667. The topological polar surface area (TPSA) is 52.3 Å². The Hall–Kier alpha value is -1.42. The highest BCUT2D eigenvalue weighted by Gasteiger charge is 2.18. The lowest BCUT2D eigenvalue weighted by molar-refractivity contribution is 0.103. The Bertz CT molecular complexity index is 686. The normalized spacial score (nSPS) is 10.4. The van der Waals surface area contributed by atoms with Gasteiger partial charge in [0.2, 0.25) is 0 Å². The van der Waals surface area contributed by atoms with Crippen molar-refractivity contribution in [2.75, 3.05) is 12.8 Å². The largest absolute Gasteiger partial charge is 0.495 e. The number of ether oxygens (including phenoxy) is 1. The molecule has 0 aliphatic heterocycles. The van der Waals surface area contributed by atoms with Crippen LogP contribution in [0.4, 0.5) is 5.69 Å². The minimum Gasteiger partial charge on any atom is -0.495 e. The second kappa shape index (κ2) is 5.92. The Morgan fingerprint density at radius 1 is 1.00 bits per heavy atom. The molecule has 0 aromatic heterocycles. The van der Waals surface area contributed by atoms with Crippen LogP contribution in [-0.4, -0.2) is 12.9 Å². The number of nitrogens with two attached hydrogens (primary N) is 1. The molecule has 2 N–H and O–H groups in total. The van der Waals surface area contributed by atoms with E-state index in [2.05, 4.69) is 0 Å². The van der Waals surface area contributed by atoms with E-state index in [-0.39, 0.29) is 21.9 Å². The number of carbonyl (C=O) groups excluding carboxylic acids is 1. The van der Waals surface area contributed by atoms with Crippen LogP contribution in [-0.2, 0) is 0 Å². The lowest BCUT2D eigenvalue weighted by Crippen LogP contribution is -2.04. The number of hydrogen-bond acceptors (Lipinski definition) is 3. The average Bonchev–Trinajstić information content (AvgIpc) is 2.42. The lowest BCUT2D eigenvalue weighted by Gasteiger charge is -2.09. The fraction of sp³-hybridized carbons (Fsp3) is 0.0714.